The highest BCUT2D eigenvalue weighted by atomic mass is 32.1. The summed E-state index contributed by atoms with van der Waals surface area (Å²) < 4.78 is 0. The molecule has 2 aromatic rings. The van der Waals surface area contributed by atoms with Crippen molar-refractivity contribution in [3.8, 4) is 0 Å². The first-order valence-corrected chi connectivity index (χ1v) is 8.62. The summed E-state index contributed by atoms with van der Waals surface area (Å²) in [4.78, 5) is 2.83. The minimum absolute atomic E-state index is 0.398. The van der Waals surface area contributed by atoms with Crippen molar-refractivity contribution in [3.63, 3.8) is 0 Å². The molecule has 21 heavy (non-hydrogen) atoms. The SMILES string of the molecule is Cc1cc(C(C)NCc2cccc3c2NCCC3)c(C)s1. The van der Waals surface area contributed by atoms with Gasteiger partial charge >= 0.3 is 0 Å². The van der Waals surface area contributed by atoms with Gasteiger partial charge in [-0.3, -0.25) is 0 Å². The van der Waals surface area contributed by atoms with E-state index in [2.05, 4.69) is 55.7 Å². The van der Waals surface area contributed by atoms with Crippen molar-refractivity contribution >= 4 is 17.0 Å². The van der Waals surface area contributed by atoms with E-state index in [9.17, 15) is 0 Å². The van der Waals surface area contributed by atoms with Crippen molar-refractivity contribution in [2.45, 2.75) is 46.2 Å². The quantitative estimate of drug-likeness (QED) is 0.864. The van der Waals surface area contributed by atoms with Crippen molar-refractivity contribution in [3.05, 3.63) is 50.7 Å². The Bertz CT molecular complexity index is 630. The zero-order valence-electron chi connectivity index (χ0n) is 13.1. The van der Waals surface area contributed by atoms with Gasteiger partial charge in [-0.15, -0.1) is 11.3 Å². The molecule has 0 bridgehead atoms. The summed E-state index contributed by atoms with van der Waals surface area (Å²) in [6.07, 6.45) is 2.45. The molecule has 1 aromatic heterocycles. The number of rotatable bonds is 4. The van der Waals surface area contributed by atoms with E-state index in [0.29, 0.717) is 6.04 Å². The molecule has 1 aromatic carbocycles. The number of aryl methyl sites for hydroxylation is 3. The first-order valence-electron chi connectivity index (χ1n) is 7.80. The molecule has 2 nitrogen and oxygen atoms in total. The number of para-hydroxylation sites is 1. The third-order valence-electron chi connectivity index (χ3n) is 4.31. The lowest BCUT2D eigenvalue weighted by Crippen LogP contribution is -2.21. The molecule has 0 fully saturated rings. The molecule has 1 atom stereocenters. The standard InChI is InChI=1S/C18H24N2S/c1-12-10-17(14(3)21-12)13(2)20-11-16-7-4-6-15-8-5-9-19-18(15)16/h4,6-7,10,13,19-20H,5,8-9,11H2,1-3H3. The van der Waals surface area contributed by atoms with Crippen molar-refractivity contribution in [2.75, 3.05) is 11.9 Å². The van der Waals surface area contributed by atoms with Crippen molar-refractivity contribution in [2.24, 2.45) is 0 Å². The molecular formula is C18H24N2S. The molecular weight excluding hydrogens is 276 g/mol. The van der Waals surface area contributed by atoms with Crippen LogP contribution >= 0.6 is 11.3 Å². The molecule has 2 N–H and O–H groups in total. The second-order valence-electron chi connectivity index (χ2n) is 5.95. The Labute approximate surface area is 131 Å². The lowest BCUT2D eigenvalue weighted by molar-refractivity contribution is 0.573. The van der Waals surface area contributed by atoms with E-state index in [1.54, 1.807) is 0 Å². The van der Waals surface area contributed by atoms with Crippen LogP contribution in [0.2, 0.25) is 0 Å². The van der Waals surface area contributed by atoms with Gasteiger partial charge in [0.25, 0.3) is 0 Å². The fourth-order valence-electron chi connectivity index (χ4n) is 3.18. The third kappa shape index (κ3) is 3.14. The Kier molecular flexibility index (Phi) is 4.32. The van der Waals surface area contributed by atoms with Gasteiger partial charge in [0.1, 0.15) is 0 Å². The Morgan fingerprint density at radius 3 is 2.95 bits per heavy atom. The Balaban J connectivity index is 1.72. The second-order valence-corrected chi connectivity index (χ2v) is 7.41. The monoisotopic (exact) mass is 300 g/mol. The Morgan fingerprint density at radius 2 is 2.19 bits per heavy atom. The van der Waals surface area contributed by atoms with Gasteiger partial charge in [-0.25, -0.2) is 0 Å². The maximum Gasteiger partial charge on any atom is 0.0418 e. The number of hydrogen-bond donors (Lipinski definition) is 2. The van der Waals surface area contributed by atoms with Crippen LogP contribution in [0, 0.1) is 13.8 Å². The van der Waals surface area contributed by atoms with E-state index in [4.69, 9.17) is 0 Å². The van der Waals surface area contributed by atoms with E-state index < -0.39 is 0 Å². The molecule has 1 aliphatic rings. The summed E-state index contributed by atoms with van der Waals surface area (Å²) in [5, 5.41) is 7.26. The van der Waals surface area contributed by atoms with Gasteiger partial charge in [0.05, 0.1) is 0 Å². The van der Waals surface area contributed by atoms with Gasteiger partial charge < -0.3 is 10.6 Å². The maximum absolute atomic E-state index is 3.69. The summed E-state index contributed by atoms with van der Waals surface area (Å²) in [5.74, 6) is 0. The van der Waals surface area contributed by atoms with Gasteiger partial charge in [-0.05, 0) is 56.4 Å². The summed E-state index contributed by atoms with van der Waals surface area (Å²) >= 11 is 1.89. The minimum atomic E-state index is 0.398. The predicted octanol–water partition coefficient (Wildman–Crippen LogP) is 4.57. The van der Waals surface area contributed by atoms with E-state index >= 15 is 0 Å². The van der Waals surface area contributed by atoms with Crippen LogP contribution < -0.4 is 10.6 Å². The third-order valence-corrected chi connectivity index (χ3v) is 5.29. The molecule has 2 heterocycles. The molecule has 0 spiro atoms. The molecule has 1 unspecified atom stereocenters. The van der Waals surface area contributed by atoms with Crippen LogP contribution in [0.25, 0.3) is 0 Å². The minimum Gasteiger partial charge on any atom is -0.385 e. The highest BCUT2D eigenvalue weighted by Crippen LogP contribution is 2.28. The molecule has 0 aliphatic carbocycles. The summed E-state index contributed by atoms with van der Waals surface area (Å²) in [5.41, 5.74) is 5.66. The largest absolute Gasteiger partial charge is 0.385 e. The summed E-state index contributed by atoms with van der Waals surface area (Å²) in [6.45, 7) is 8.69. The van der Waals surface area contributed by atoms with E-state index in [-0.39, 0.29) is 0 Å². The van der Waals surface area contributed by atoms with Crippen LogP contribution in [-0.2, 0) is 13.0 Å². The normalized spacial score (nSPS) is 15.4. The Morgan fingerprint density at radius 1 is 1.33 bits per heavy atom. The molecule has 112 valence electrons. The summed E-state index contributed by atoms with van der Waals surface area (Å²) in [6, 6.07) is 9.39. The van der Waals surface area contributed by atoms with Gasteiger partial charge in [0.15, 0.2) is 0 Å². The van der Waals surface area contributed by atoms with Crippen LogP contribution in [0.15, 0.2) is 24.3 Å². The predicted molar refractivity (Wildman–Crippen MR) is 92.3 cm³/mol. The fourth-order valence-corrected chi connectivity index (χ4v) is 4.20. The second kappa shape index (κ2) is 6.20. The van der Waals surface area contributed by atoms with Crippen LogP contribution in [-0.4, -0.2) is 6.54 Å². The molecule has 0 amide bonds. The van der Waals surface area contributed by atoms with E-state index in [0.717, 1.165) is 13.1 Å². The topological polar surface area (TPSA) is 24.1 Å². The fraction of sp³-hybridized carbons (Fsp3) is 0.444. The van der Waals surface area contributed by atoms with Crippen molar-refractivity contribution < 1.29 is 0 Å². The summed E-state index contributed by atoms with van der Waals surface area (Å²) in [7, 11) is 0. The number of fused-ring (bicyclic) bond motifs is 1. The number of hydrogen-bond acceptors (Lipinski definition) is 3. The highest BCUT2D eigenvalue weighted by molar-refractivity contribution is 7.12. The number of anilines is 1. The van der Waals surface area contributed by atoms with Crippen molar-refractivity contribution in [1.29, 1.82) is 0 Å². The maximum atomic E-state index is 3.69. The van der Waals surface area contributed by atoms with Crippen LogP contribution in [0.4, 0.5) is 5.69 Å². The molecule has 0 saturated heterocycles. The van der Waals surface area contributed by atoms with Crippen LogP contribution in [0.5, 0.6) is 0 Å². The average molecular weight is 300 g/mol. The smallest absolute Gasteiger partial charge is 0.0418 e. The van der Waals surface area contributed by atoms with Crippen LogP contribution in [0.1, 0.15) is 45.8 Å². The lowest BCUT2D eigenvalue weighted by atomic mass is 9.99. The van der Waals surface area contributed by atoms with Crippen LogP contribution in [0.3, 0.4) is 0 Å². The first kappa shape index (κ1) is 14.6. The molecule has 0 saturated carbocycles. The van der Waals surface area contributed by atoms with E-state index in [1.807, 2.05) is 11.3 Å². The molecule has 3 heteroatoms. The Hall–Kier alpha value is -1.32. The molecule has 3 rings (SSSR count). The van der Waals surface area contributed by atoms with Gasteiger partial charge in [0.2, 0.25) is 0 Å². The highest BCUT2D eigenvalue weighted by Gasteiger charge is 2.14. The van der Waals surface area contributed by atoms with Gasteiger partial charge in [0, 0.05) is 34.6 Å². The average Bonchev–Trinajstić information content (AvgIpc) is 2.83. The lowest BCUT2D eigenvalue weighted by Gasteiger charge is -2.22. The zero-order chi connectivity index (χ0) is 14.8. The van der Waals surface area contributed by atoms with Gasteiger partial charge in [-0.1, -0.05) is 18.2 Å². The molecule has 0 radical (unpaired) electrons. The van der Waals surface area contributed by atoms with Crippen molar-refractivity contribution in [1.82, 2.24) is 5.32 Å². The first-order chi connectivity index (χ1) is 10.1. The number of nitrogens with one attached hydrogen (secondary N) is 2. The van der Waals surface area contributed by atoms with E-state index in [1.165, 1.54) is 45.0 Å². The number of benzene rings is 1. The van der Waals surface area contributed by atoms with Gasteiger partial charge in [-0.2, -0.15) is 0 Å². The molecule has 1 aliphatic heterocycles. The number of thiophene rings is 1. The zero-order valence-corrected chi connectivity index (χ0v) is 13.9.